The van der Waals surface area contributed by atoms with Gasteiger partial charge in [-0.25, -0.2) is 15.0 Å². The normalized spacial score (nSPS) is 11.7. The van der Waals surface area contributed by atoms with E-state index in [4.69, 9.17) is 34.7 Å². The molecule has 0 bridgehead atoms. The Morgan fingerprint density at radius 1 is 0.939 bits per heavy atom. The summed E-state index contributed by atoms with van der Waals surface area (Å²) in [5, 5.41) is 10.2. The van der Waals surface area contributed by atoms with Crippen LogP contribution in [0.3, 0.4) is 0 Å². The Balaban J connectivity index is 1.62. The fourth-order valence-electron chi connectivity index (χ4n) is 2.91. The third-order valence-corrected chi connectivity index (χ3v) is 5.01. The molecule has 172 valence electrons. The van der Waals surface area contributed by atoms with Crippen molar-refractivity contribution in [1.82, 2.24) is 24.6 Å². The van der Waals surface area contributed by atoms with E-state index < -0.39 is 12.0 Å². The first-order valence-electron chi connectivity index (χ1n) is 9.42. The highest BCUT2D eigenvalue weighted by molar-refractivity contribution is 6.36. The van der Waals surface area contributed by atoms with Crippen molar-refractivity contribution in [3.8, 4) is 11.3 Å². The fraction of sp³-hybridized carbons (Fsp3) is 0.158. The number of alkyl halides is 3. The molecule has 0 atom stereocenters. The van der Waals surface area contributed by atoms with Crippen LogP contribution in [0.15, 0.2) is 36.4 Å². The topological polar surface area (TPSA) is 132 Å². The summed E-state index contributed by atoms with van der Waals surface area (Å²) in [6, 6.07) is 9.35. The number of nitrogens with two attached hydrogens (primary N) is 2. The van der Waals surface area contributed by atoms with E-state index in [0.717, 1.165) is 4.52 Å². The van der Waals surface area contributed by atoms with Gasteiger partial charge in [0.25, 0.3) is 5.82 Å². The zero-order valence-electron chi connectivity index (χ0n) is 16.7. The van der Waals surface area contributed by atoms with Crippen LogP contribution in [0.1, 0.15) is 5.82 Å². The first kappa shape index (κ1) is 22.7. The minimum absolute atomic E-state index is 0.0445. The maximum atomic E-state index is 13.2. The van der Waals surface area contributed by atoms with E-state index in [1.165, 1.54) is 12.1 Å². The second-order valence-corrected chi connectivity index (χ2v) is 7.66. The van der Waals surface area contributed by atoms with E-state index in [2.05, 4.69) is 30.7 Å². The highest BCUT2D eigenvalue weighted by atomic mass is 35.5. The zero-order valence-corrected chi connectivity index (χ0v) is 18.2. The Kier molecular flexibility index (Phi) is 6.04. The van der Waals surface area contributed by atoms with Crippen molar-refractivity contribution < 1.29 is 13.2 Å². The smallest absolute Gasteiger partial charge is 0.396 e. The number of halogens is 5. The average Bonchev–Trinajstić information content (AvgIpc) is 3.18. The molecule has 4 rings (SSSR count). The van der Waals surface area contributed by atoms with Gasteiger partial charge in [0.1, 0.15) is 11.6 Å². The predicted molar refractivity (Wildman–Crippen MR) is 121 cm³/mol. The SMILES string of the molecule is Nc1ccc(NCCNc2nc(-c3ccc(Cl)cc3Cl)cc3nc(C(F)(F)F)nn23)nc1N. The van der Waals surface area contributed by atoms with Gasteiger partial charge in [0.2, 0.25) is 5.95 Å². The van der Waals surface area contributed by atoms with Crippen LogP contribution < -0.4 is 22.1 Å². The van der Waals surface area contributed by atoms with Crippen molar-refractivity contribution in [2.45, 2.75) is 6.18 Å². The number of nitrogens with one attached hydrogen (secondary N) is 2. The molecule has 0 aliphatic heterocycles. The third-order valence-electron chi connectivity index (χ3n) is 4.46. The molecule has 1 aromatic carbocycles. The lowest BCUT2D eigenvalue weighted by Gasteiger charge is -2.11. The van der Waals surface area contributed by atoms with Gasteiger partial charge in [0.05, 0.1) is 16.4 Å². The maximum Gasteiger partial charge on any atom is 0.453 e. The molecular formula is C19H16Cl2F3N9. The second-order valence-electron chi connectivity index (χ2n) is 6.82. The van der Waals surface area contributed by atoms with Crippen molar-refractivity contribution in [3.63, 3.8) is 0 Å². The third kappa shape index (κ3) is 4.96. The summed E-state index contributed by atoms with van der Waals surface area (Å²) >= 11 is 12.2. The van der Waals surface area contributed by atoms with Crippen molar-refractivity contribution in [2.75, 3.05) is 35.2 Å². The monoisotopic (exact) mass is 497 g/mol. The van der Waals surface area contributed by atoms with Crippen LogP contribution in [-0.4, -0.2) is 37.7 Å². The molecule has 3 heterocycles. The fourth-order valence-corrected chi connectivity index (χ4v) is 3.41. The Labute approximate surface area is 194 Å². The van der Waals surface area contributed by atoms with Gasteiger partial charge in [-0.2, -0.15) is 17.7 Å². The molecule has 0 amide bonds. The molecule has 4 aromatic rings. The number of nitrogens with zero attached hydrogens (tertiary/aromatic N) is 5. The van der Waals surface area contributed by atoms with Crippen LogP contribution in [0, 0.1) is 0 Å². The van der Waals surface area contributed by atoms with E-state index in [1.54, 1.807) is 24.3 Å². The Hall–Kier alpha value is -3.51. The van der Waals surface area contributed by atoms with E-state index in [-0.39, 0.29) is 29.0 Å². The minimum Gasteiger partial charge on any atom is -0.396 e. The van der Waals surface area contributed by atoms with E-state index in [1.807, 2.05) is 0 Å². The Morgan fingerprint density at radius 3 is 2.39 bits per heavy atom. The van der Waals surface area contributed by atoms with Crippen molar-refractivity contribution in [1.29, 1.82) is 0 Å². The number of hydrogen-bond donors (Lipinski definition) is 4. The summed E-state index contributed by atoms with van der Waals surface area (Å²) in [4.78, 5) is 12.1. The van der Waals surface area contributed by atoms with E-state index >= 15 is 0 Å². The molecule has 6 N–H and O–H groups in total. The van der Waals surface area contributed by atoms with Gasteiger partial charge in [0, 0.05) is 29.7 Å². The number of pyridine rings is 1. The summed E-state index contributed by atoms with van der Waals surface area (Å²) in [7, 11) is 0. The Morgan fingerprint density at radius 2 is 1.70 bits per heavy atom. The zero-order chi connectivity index (χ0) is 23.8. The summed E-state index contributed by atoms with van der Waals surface area (Å²) in [5.74, 6) is -0.566. The van der Waals surface area contributed by atoms with Gasteiger partial charge >= 0.3 is 6.18 Å². The summed E-state index contributed by atoms with van der Waals surface area (Å²) in [5.41, 5.74) is 12.4. The number of anilines is 4. The van der Waals surface area contributed by atoms with Crippen LogP contribution in [-0.2, 0) is 6.18 Å². The van der Waals surface area contributed by atoms with Crippen molar-refractivity contribution in [2.24, 2.45) is 0 Å². The summed E-state index contributed by atoms with van der Waals surface area (Å²) in [6.07, 6.45) is -4.72. The summed E-state index contributed by atoms with van der Waals surface area (Å²) < 4.78 is 40.6. The average molecular weight is 498 g/mol. The predicted octanol–water partition coefficient (Wildman–Crippen LogP) is 4.20. The molecule has 0 fully saturated rings. The molecule has 0 aliphatic rings. The molecule has 0 radical (unpaired) electrons. The lowest BCUT2D eigenvalue weighted by Crippen LogP contribution is -2.18. The molecule has 0 aliphatic carbocycles. The quantitative estimate of drug-likeness (QED) is 0.291. The minimum atomic E-state index is -4.72. The molecule has 0 spiro atoms. The first-order valence-corrected chi connectivity index (χ1v) is 10.2. The molecule has 0 saturated heterocycles. The molecule has 14 heteroatoms. The van der Waals surface area contributed by atoms with Crippen molar-refractivity contribution >= 4 is 52.1 Å². The highest BCUT2D eigenvalue weighted by Crippen LogP contribution is 2.32. The van der Waals surface area contributed by atoms with Crippen LogP contribution >= 0.6 is 23.2 Å². The first-order chi connectivity index (χ1) is 15.6. The number of aromatic nitrogens is 5. The van der Waals surface area contributed by atoms with Gasteiger partial charge in [-0.15, -0.1) is 5.10 Å². The highest BCUT2D eigenvalue weighted by Gasteiger charge is 2.36. The molecular weight excluding hydrogens is 482 g/mol. The number of nitrogen functional groups attached to an aromatic ring is 2. The van der Waals surface area contributed by atoms with Crippen LogP contribution in [0.25, 0.3) is 16.9 Å². The van der Waals surface area contributed by atoms with Crippen LogP contribution in [0.4, 0.5) is 36.4 Å². The number of hydrogen-bond acceptors (Lipinski definition) is 8. The van der Waals surface area contributed by atoms with Gasteiger partial charge in [0.15, 0.2) is 5.65 Å². The molecule has 0 saturated carbocycles. The van der Waals surface area contributed by atoms with Gasteiger partial charge < -0.3 is 22.1 Å². The molecule has 3 aromatic heterocycles. The number of benzene rings is 1. The summed E-state index contributed by atoms with van der Waals surface area (Å²) in [6.45, 7) is 0.597. The van der Waals surface area contributed by atoms with Gasteiger partial charge in [-0.3, -0.25) is 0 Å². The largest absolute Gasteiger partial charge is 0.453 e. The lowest BCUT2D eigenvalue weighted by molar-refractivity contribution is -0.144. The lowest BCUT2D eigenvalue weighted by atomic mass is 10.1. The standard InChI is InChI=1S/C19H16Cl2F3N9/c20-9-1-2-10(11(21)7-9)13-8-15-31-17(19(22,23)24)32-33(15)18(29-13)28-6-5-27-14-4-3-12(25)16(26)30-14/h1-4,7-8H,5-6,25H2,(H,28,29)(H3,26,27,30). The van der Waals surface area contributed by atoms with E-state index in [0.29, 0.717) is 34.3 Å². The molecule has 0 unspecified atom stereocenters. The van der Waals surface area contributed by atoms with Gasteiger partial charge in [-0.1, -0.05) is 23.2 Å². The second kappa shape index (κ2) is 8.79. The van der Waals surface area contributed by atoms with E-state index in [9.17, 15) is 13.2 Å². The molecule has 9 nitrogen and oxygen atoms in total. The number of fused-ring (bicyclic) bond motifs is 1. The van der Waals surface area contributed by atoms with Crippen LogP contribution in [0.2, 0.25) is 10.0 Å². The Bertz CT molecular complexity index is 1320. The maximum absolute atomic E-state index is 13.2. The van der Waals surface area contributed by atoms with Crippen LogP contribution in [0.5, 0.6) is 0 Å². The number of rotatable bonds is 6. The van der Waals surface area contributed by atoms with Gasteiger partial charge in [-0.05, 0) is 30.3 Å². The van der Waals surface area contributed by atoms with Crippen molar-refractivity contribution in [3.05, 3.63) is 52.3 Å². The molecule has 33 heavy (non-hydrogen) atoms.